The zero-order valence-electron chi connectivity index (χ0n) is 8.73. The highest BCUT2D eigenvalue weighted by atomic mass is 16.5. The van der Waals surface area contributed by atoms with Crippen LogP contribution in [0.2, 0.25) is 0 Å². The summed E-state index contributed by atoms with van der Waals surface area (Å²) in [5.41, 5.74) is 0. The molecule has 0 radical (unpaired) electrons. The molecule has 82 valence electrons. The molecule has 0 saturated heterocycles. The fraction of sp³-hybridized carbons (Fsp3) is 0.500. The summed E-state index contributed by atoms with van der Waals surface area (Å²) in [6.45, 7) is 4.48. The molecule has 0 aromatic carbocycles. The van der Waals surface area contributed by atoms with Crippen LogP contribution in [-0.4, -0.2) is 28.9 Å². The van der Waals surface area contributed by atoms with Crippen LogP contribution in [0.4, 0.5) is 0 Å². The van der Waals surface area contributed by atoms with Crippen molar-refractivity contribution < 1.29 is 24.2 Å². The summed E-state index contributed by atoms with van der Waals surface area (Å²) >= 11 is 0. The lowest BCUT2D eigenvalue weighted by Crippen LogP contribution is -2.25. The second-order valence-corrected chi connectivity index (χ2v) is 3.20. The first kappa shape index (κ1) is 13.2. The Morgan fingerprint density at radius 3 is 2.13 bits per heavy atom. The topological polar surface area (TPSA) is 80.7 Å². The molecule has 0 aliphatic carbocycles. The third-order valence-electron chi connectivity index (χ3n) is 1.45. The second kappa shape index (κ2) is 5.81. The number of carbonyl (C=O) groups is 3. The number of esters is 1. The Morgan fingerprint density at radius 1 is 1.27 bits per heavy atom. The Morgan fingerprint density at radius 2 is 1.80 bits per heavy atom. The van der Waals surface area contributed by atoms with E-state index >= 15 is 0 Å². The van der Waals surface area contributed by atoms with Crippen molar-refractivity contribution in [2.45, 2.75) is 26.9 Å². The van der Waals surface area contributed by atoms with Gasteiger partial charge in [-0.3, -0.25) is 4.79 Å². The first-order chi connectivity index (χ1) is 6.84. The summed E-state index contributed by atoms with van der Waals surface area (Å²) in [5, 5.41) is 8.31. The van der Waals surface area contributed by atoms with E-state index in [0.717, 1.165) is 6.92 Å². The smallest absolute Gasteiger partial charge is 0.382 e. The van der Waals surface area contributed by atoms with Crippen molar-refractivity contribution in [1.82, 2.24) is 0 Å². The first-order valence-electron chi connectivity index (χ1n) is 4.30. The predicted octanol–water partition coefficient (Wildman–Crippen LogP) is 0.231. The maximum absolute atomic E-state index is 10.9. The van der Waals surface area contributed by atoms with Gasteiger partial charge in [0.05, 0.1) is 0 Å². The van der Waals surface area contributed by atoms with E-state index in [1.54, 1.807) is 13.8 Å². The molecule has 15 heavy (non-hydrogen) atoms. The summed E-state index contributed by atoms with van der Waals surface area (Å²) in [6.07, 6.45) is -0.877. The summed E-state index contributed by atoms with van der Waals surface area (Å²) in [5.74, 6) is 0.878. The average Bonchev–Trinajstić information content (AvgIpc) is 2.10. The van der Waals surface area contributed by atoms with E-state index in [-0.39, 0.29) is 5.92 Å². The van der Waals surface area contributed by atoms with Gasteiger partial charge in [-0.25, -0.2) is 9.59 Å². The lowest BCUT2D eigenvalue weighted by Gasteiger charge is -2.14. The molecule has 0 aromatic rings. The van der Waals surface area contributed by atoms with Crippen molar-refractivity contribution in [3.8, 4) is 11.8 Å². The van der Waals surface area contributed by atoms with Crippen LogP contribution in [-0.2, 0) is 19.1 Å². The molecule has 0 amide bonds. The van der Waals surface area contributed by atoms with Gasteiger partial charge in [-0.1, -0.05) is 13.8 Å². The molecule has 0 aromatic heterocycles. The number of aliphatic carboxylic acids is 1. The molecule has 0 bridgehead atoms. The average molecular weight is 212 g/mol. The summed E-state index contributed by atoms with van der Waals surface area (Å²) in [4.78, 5) is 31.7. The van der Waals surface area contributed by atoms with Crippen molar-refractivity contribution >= 4 is 17.7 Å². The van der Waals surface area contributed by atoms with Gasteiger partial charge >= 0.3 is 11.9 Å². The van der Waals surface area contributed by atoms with Gasteiger partial charge in [0.2, 0.25) is 5.78 Å². The Balaban J connectivity index is 4.58. The molecule has 0 aliphatic heterocycles. The predicted molar refractivity (Wildman–Crippen MR) is 50.8 cm³/mol. The number of ketones is 1. The molecule has 1 atom stereocenters. The number of hydrogen-bond acceptors (Lipinski definition) is 4. The lowest BCUT2D eigenvalue weighted by atomic mass is 10.1. The van der Waals surface area contributed by atoms with Crippen LogP contribution >= 0.6 is 0 Å². The largest absolute Gasteiger partial charge is 0.472 e. The fourth-order valence-corrected chi connectivity index (χ4v) is 0.663. The van der Waals surface area contributed by atoms with Gasteiger partial charge in [0.25, 0.3) is 0 Å². The van der Waals surface area contributed by atoms with Gasteiger partial charge in [0.1, 0.15) is 0 Å². The highest BCUT2D eigenvalue weighted by Gasteiger charge is 2.18. The Kier molecular flexibility index (Phi) is 5.10. The van der Waals surface area contributed by atoms with Crippen molar-refractivity contribution in [2.24, 2.45) is 5.92 Å². The third-order valence-corrected chi connectivity index (χ3v) is 1.45. The number of hydrogen-bond donors (Lipinski definition) is 1. The fourth-order valence-electron chi connectivity index (χ4n) is 0.663. The number of ether oxygens (including phenoxy) is 1. The quantitative estimate of drug-likeness (QED) is 0.411. The standard InChI is InChI=1S/C10H12O5/c1-6(2)8(4-5-9(12)13)15-10(14)7(3)11/h6,8H,1-3H3,(H,12,13). The number of carboxylic acids is 1. The number of Topliss-reactive ketones (excluding diaryl/α,β-unsaturated/α-hetero) is 1. The van der Waals surface area contributed by atoms with Gasteiger partial charge in [-0.15, -0.1) is 0 Å². The van der Waals surface area contributed by atoms with Crippen LogP contribution in [0, 0.1) is 17.8 Å². The van der Waals surface area contributed by atoms with Crippen LogP contribution in [0.3, 0.4) is 0 Å². The van der Waals surface area contributed by atoms with E-state index in [4.69, 9.17) is 9.84 Å². The Labute approximate surface area is 87.4 Å². The zero-order chi connectivity index (χ0) is 12.0. The molecule has 1 N–H and O–H groups in total. The monoisotopic (exact) mass is 212 g/mol. The van der Waals surface area contributed by atoms with E-state index in [2.05, 4.69) is 5.92 Å². The third kappa shape index (κ3) is 5.47. The molecule has 5 nitrogen and oxygen atoms in total. The van der Waals surface area contributed by atoms with Gasteiger partial charge in [0, 0.05) is 18.8 Å². The number of carboxylic acid groups (broad SMARTS) is 1. The molecule has 0 spiro atoms. The summed E-state index contributed by atoms with van der Waals surface area (Å²) in [6, 6.07) is 0. The molecule has 0 saturated carbocycles. The van der Waals surface area contributed by atoms with Crippen LogP contribution in [0.25, 0.3) is 0 Å². The minimum absolute atomic E-state index is 0.180. The number of carbonyl (C=O) groups excluding carboxylic acids is 2. The van der Waals surface area contributed by atoms with E-state index in [1.807, 2.05) is 5.92 Å². The van der Waals surface area contributed by atoms with Crippen molar-refractivity contribution in [2.75, 3.05) is 0 Å². The molecular formula is C10H12O5. The maximum atomic E-state index is 10.9. The first-order valence-corrected chi connectivity index (χ1v) is 4.30. The molecular weight excluding hydrogens is 200 g/mol. The lowest BCUT2D eigenvalue weighted by molar-refractivity contribution is -0.156. The van der Waals surface area contributed by atoms with Crippen LogP contribution in [0.1, 0.15) is 20.8 Å². The van der Waals surface area contributed by atoms with Gasteiger partial charge < -0.3 is 9.84 Å². The van der Waals surface area contributed by atoms with Gasteiger partial charge in [0.15, 0.2) is 6.10 Å². The van der Waals surface area contributed by atoms with E-state index in [0.29, 0.717) is 0 Å². The Bertz CT molecular complexity index is 331. The van der Waals surface area contributed by atoms with Crippen molar-refractivity contribution in [3.05, 3.63) is 0 Å². The summed E-state index contributed by atoms with van der Waals surface area (Å²) < 4.78 is 4.70. The van der Waals surface area contributed by atoms with Gasteiger partial charge in [-0.05, 0) is 5.92 Å². The molecule has 0 rings (SSSR count). The van der Waals surface area contributed by atoms with Crippen LogP contribution < -0.4 is 0 Å². The van der Waals surface area contributed by atoms with Gasteiger partial charge in [-0.2, -0.15) is 0 Å². The molecule has 0 aliphatic rings. The molecule has 0 heterocycles. The number of rotatable bonds is 3. The van der Waals surface area contributed by atoms with Crippen molar-refractivity contribution in [1.29, 1.82) is 0 Å². The van der Waals surface area contributed by atoms with E-state index in [9.17, 15) is 14.4 Å². The van der Waals surface area contributed by atoms with E-state index in [1.165, 1.54) is 0 Å². The Hall–Kier alpha value is -1.83. The normalized spacial score (nSPS) is 11.2. The summed E-state index contributed by atoms with van der Waals surface area (Å²) in [7, 11) is 0. The maximum Gasteiger partial charge on any atom is 0.382 e. The second-order valence-electron chi connectivity index (χ2n) is 3.20. The highest BCUT2D eigenvalue weighted by molar-refractivity contribution is 6.32. The molecule has 0 fully saturated rings. The highest BCUT2D eigenvalue weighted by Crippen LogP contribution is 2.05. The molecule has 5 heteroatoms. The SMILES string of the molecule is CC(=O)C(=O)OC(C#CC(=O)O)C(C)C. The van der Waals surface area contributed by atoms with Crippen LogP contribution in [0.5, 0.6) is 0 Å². The minimum atomic E-state index is -1.31. The zero-order valence-corrected chi connectivity index (χ0v) is 8.73. The van der Waals surface area contributed by atoms with E-state index < -0.39 is 23.8 Å². The van der Waals surface area contributed by atoms with Crippen LogP contribution in [0.15, 0.2) is 0 Å². The molecule has 1 unspecified atom stereocenters. The van der Waals surface area contributed by atoms with Crippen molar-refractivity contribution in [3.63, 3.8) is 0 Å². The minimum Gasteiger partial charge on any atom is -0.472 e.